The molecule has 8 heteroatoms. The number of phenols is 1. The number of benzene rings is 2. The second-order valence-corrected chi connectivity index (χ2v) is 6.52. The molecule has 0 saturated carbocycles. The van der Waals surface area contributed by atoms with Gasteiger partial charge in [0.2, 0.25) is 0 Å². The molecule has 3 rings (SSSR count). The van der Waals surface area contributed by atoms with Gasteiger partial charge in [-0.05, 0) is 50.2 Å². The van der Waals surface area contributed by atoms with Gasteiger partial charge in [0.1, 0.15) is 11.4 Å². The van der Waals surface area contributed by atoms with Crippen molar-refractivity contribution in [1.82, 2.24) is 9.36 Å². The Morgan fingerprint density at radius 1 is 1.07 bits per heavy atom. The van der Waals surface area contributed by atoms with Crippen molar-refractivity contribution in [2.75, 3.05) is 5.32 Å². The summed E-state index contributed by atoms with van der Waals surface area (Å²) in [5.41, 5.74) is 1.15. The molecule has 8 nitrogen and oxygen atoms in total. The number of carbonyl (C=O) groups is 2. The first-order valence-corrected chi connectivity index (χ1v) is 8.94. The average molecular weight is 395 g/mol. The number of ether oxygens (including phenoxy) is 1. The van der Waals surface area contributed by atoms with Gasteiger partial charge in [-0.15, -0.1) is 0 Å². The zero-order chi connectivity index (χ0) is 21.1. The third-order valence-electron chi connectivity index (χ3n) is 4.56. The Morgan fingerprint density at radius 2 is 1.69 bits per heavy atom. The van der Waals surface area contributed by atoms with E-state index in [0.717, 1.165) is 0 Å². The third kappa shape index (κ3) is 4.06. The number of nitrogens with zero attached hydrogens (tertiary/aromatic N) is 2. The lowest BCUT2D eigenvalue weighted by Crippen LogP contribution is -2.32. The minimum atomic E-state index is -1.12. The van der Waals surface area contributed by atoms with E-state index in [0.29, 0.717) is 11.4 Å². The molecule has 2 N–H and O–H groups in total. The third-order valence-corrected chi connectivity index (χ3v) is 4.56. The molecule has 1 atom stereocenters. The largest absolute Gasteiger partial charge is 0.508 e. The van der Waals surface area contributed by atoms with Gasteiger partial charge in [0.25, 0.3) is 11.5 Å². The maximum atomic E-state index is 12.8. The molecule has 0 aliphatic carbocycles. The summed E-state index contributed by atoms with van der Waals surface area (Å²) in [4.78, 5) is 37.5. The van der Waals surface area contributed by atoms with Crippen LogP contribution in [-0.2, 0) is 16.6 Å². The molecule has 1 heterocycles. The van der Waals surface area contributed by atoms with Crippen molar-refractivity contribution < 1.29 is 19.4 Å². The summed E-state index contributed by atoms with van der Waals surface area (Å²) >= 11 is 0. The van der Waals surface area contributed by atoms with Crippen LogP contribution in [0, 0.1) is 6.92 Å². The van der Waals surface area contributed by atoms with Crippen LogP contribution >= 0.6 is 0 Å². The predicted octanol–water partition coefficient (Wildman–Crippen LogP) is 2.37. The van der Waals surface area contributed by atoms with Crippen molar-refractivity contribution in [3.05, 3.63) is 76.2 Å². The van der Waals surface area contributed by atoms with Crippen molar-refractivity contribution in [3.63, 3.8) is 0 Å². The van der Waals surface area contributed by atoms with E-state index in [9.17, 15) is 19.5 Å². The van der Waals surface area contributed by atoms with Crippen molar-refractivity contribution in [2.24, 2.45) is 7.05 Å². The number of carbonyl (C=O) groups excluding carboxylic acids is 2. The maximum absolute atomic E-state index is 12.8. The topological polar surface area (TPSA) is 103 Å². The van der Waals surface area contributed by atoms with Crippen LogP contribution in [0.1, 0.15) is 23.0 Å². The maximum Gasteiger partial charge on any atom is 0.338 e. The van der Waals surface area contributed by atoms with Gasteiger partial charge < -0.3 is 15.2 Å². The van der Waals surface area contributed by atoms with E-state index in [1.807, 2.05) is 18.2 Å². The van der Waals surface area contributed by atoms with Crippen LogP contribution in [0.3, 0.4) is 0 Å². The van der Waals surface area contributed by atoms with E-state index >= 15 is 0 Å². The molecular weight excluding hydrogens is 374 g/mol. The number of amides is 1. The zero-order valence-electron chi connectivity index (χ0n) is 16.2. The van der Waals surface area contributed by atoms with Crippen molar-refractivity contribution in [1.29, 1.82) is 0 Å². The van der Waals surface area contributed by atoms with Crippen LogP contribution in [0.25, 0.3) is 5.69 Å². The number of hydrogen-bond donors (Lipinski definition) is 2. The summed E-state index contributed by atoms with van der Waals surface area (Å²) < 4.78 is 8.25. The van der Waals surface area contributed by atoms with Crippen molar-refractivity contribution >= 4 is 17.6 Å². The summed E-state index contributed by atoms with van der Waals surface area (Å²) in [7, 11) is 1.72. The number of aromatic nitrogens is 2. The SMILES string of the molecule is Cc1c(NC(=O)[C@@H](C)OC(=O)c2ccc(O)cc2)c(=O)n(-c2ccccc2)n1C. The Bertz CT molecular complexity index is 1100. The first-order chi connectivity index (χ1) is 13.8. The van der Waals surface area contributed by atoms with E-state index in [2.05, 4.69) is 5.32 Å². The Labute approximate surface area is 166 Å². The van der Waals surface area contributed by atoms with E-state index in [1.54, 1.807) is 30.8 Å². The highest BCUT2D eigenvalue weighted by Gasteiger charge is 2.23. The van der Waals surface area contributed by atoms with Gasteiger partial charge in [-0.2, -0.15) is 0 Å². The van der Waals surface area contributed by atoms with Gasteiger partial charge in [0.15, 0.2) is 6.10 Å². The predicted molar refractivity (Wildman–Crippen MR) is 107 cm³/mol. The highest BCUT2D eigenvalue weighted by atomic mass is 16.5. The first kappa shape index (κ1) is 19.9. The molecular formula is C21H21N3O5. The van der Waals surface area contributed by atoms with E-state index in [-0.39, 0.29) is 22.6 Å². The van der Waals surface area contributed by atoms with Gasteiger partial charge >= 0.3 is 5.97 Å². The van der Waals surface area contributed by atoms with Crippen LogP contribution < -0.4 is 10.9 Å². The number of aromatic hydroxyl groups is 1. The summed E-state index contributed by atoms with van der Waals surface area (Å²) in [5, 5.41) is 11.8. The minimum absolute atomic E-state index is 0.0154. The molecule has 29 heavy (non-hydrogen) atoms. The Hall–Kier alpha value is -3.81. The lowest BCUT2D eigenvalue weighted by molar-refractivity contribution is -0.123. The second-order valence-electron chi connectivity index (χ2n) is 6.52. The standard InChI is InChI=1S/C21H21N3O5/c1-13-18(20(27)24(23(13)3)16-7-5-4-6-8-16)22-19(26)14(2)29-21(28)15-9-11-17(25)12-10-15/h4-12,14,25H,1-3H3,(H,22,26)/t14-/m1/s1. The number of phenolic OH excluding ortho intramolecular Hbond substituents is 1. The molecule has 0 aliphatic rings. The molecule has 2 aromatic carbocycles. The van der Waals surface area contributed by atoms with E-state index < -0.39 is 18.0 Å². The molecule has 1 aromatic heterocycles. The first-order valence-electron chi connectivity index (χ1n) is 8.94. The van der Waals surface area contributed by atoms with Crippen LogP contribution in [-0.4, -0.2) is 32.5 Å². The normalized spacial score (nSPS) is 11.7. The van der Waals surface area contributed by atoms with E-state index in [1.165, 1.54) is 35.9 Å². The van der Waals surface area contributed by atoms with Gasteiger partial charge in [-0.25, -0.2) is 9.48 Å². The minimum Gasteiger partial charge on any atom is -0.508 e. The van der Waals surface area contributed by atoms with Crippen LogP contribution in [0.5, 0.6) is 5.75 Å². The molecule has 150 valence electrons. The fourth-order valence-electron chi connectivity index (χ4n) is 2.82. The molecule has 1 amide bonds. The monoisotopic (exact) mass is 395 g/mol. The Morgan fingerprint density at radius 3 is 2.31 bits per heavy atom. The molecule has 0 unspecified atom stereocenters. The Balaban J connectivity index is 1.77. The zero-order valence-corrected chi connectivity index (χ0v) is 16.2. The highest BCUT2D eigenvalue weighted by Crippen LogP contribution is 2.15. The molecule has 0 fully saturated rings. The fourth-order valence-corrected chi connectivity index (χ4v) is 2.82. The molecule has 0 radical (unpaired) electrons. The van der Waals surface area contributed by atoms with Gasteiger partial charge in [-0.3, -0.25) is 14.3 Å². The average Bonchev–Trinajstić information content (AvgIpc) is 2.92. The number of nitrogens with one attached hydrogen (secondary N) is 1. The lowest BCUT2D eigenvalue weighted by Gasteiger charge is -2.13. The van der Waals surface area contributed by atoms with Crippen LogP contribution in [0.2, 0.25) is 0 Å². The van der Waals surface area contributed by atoms with Gasteiger partial charge in [0, 0.05) is 7.05 Å². The van der Waals surface area contributed by atoms with E-state index in [4.69, 9.17) is 4.74 Å². The molecule has 0 saturated heterocycles. The number of anilines is 1. The number of esters is 1. The summed E-state index contributed by atoms with van der Waals surface area (Å²) in [6.45, 7) is 3.13. The quantitative estimate of drug-likeness (QED) is 0.646. The Kier molecular flexibility index (Phi) is 5.54. The van der Waals surface area contributed by atoms with Gasteiger partial charge in [-0.1, -0.05) is 18.2 Å². The summed E-state index contributed by atoms with van der Waals surface area (Å²) in [6.07, 6.45) is -1.12. The lowest BCUT2D eigenvalue weighted by atomic mass is 10.2. The molecule has 0 aliphatic heterocycles. The van der Waals surface area contributed by atoms with Crippen molar-refractivity contribution in [2.45, 2.75) is 20.0 Å². The number of hydrogen-bond acceptors (Lipinski definition) is 5. The van der Waals surface area contributed by atoms with Gasteiger partial charge in [0.05, 0.1) is 16.9 Å². The fraction of sp³-hybridized carbons (Fsp3) is 0.190. The highest BCUT2D eigenvalue weighted by molar-refractivity contribution is 5.97. The smallest absolute Gasteiger partial charge is 0.338 e. The molecule has 0 spiro atoms. The molecule has 0 bridgehead atoms. The van der Waals surface area contributed by atoms with Crippen LogP contribution in [0.4, 0.5) is 5.69 Å². The number of rotatable bonds is 5. The molecule has 3 aromatic rings. The van der Waals surface area contributed by atoms with Crippen molar-refractivity contribution in [3.8, 4) is 11.4 Å². The number of para-hydroxylation sites is 1. The summed E-state index contributed by atoms with van der Waals surface area (Å²) in [5.74, 6) is -1.32. The summed E-state index contributed by atoms with van der Waals surface area (Å²) in [6, 6.07) is 14.5. The van der Waals surface area contributed by atoms with Crippen LogP contribution in [0.15, 0.2) is 59.4 Å². The second kappa shape index (κ2) is 8.05.